The van der Waals surface area contributed by atoms with Gasteiger partial charge in [0.2, 0.25) is 0 Å². The maximum Gasteiger partial charge on any atom is 0.418 e. The third-order valence-corrected chi connectivity index (χ3v) is 6.90. The van der Waals surface area contributed by atoms with Crippen molar-refractivity contribution in [3.8, 4) is 28.7 Å². The molecule has 42 heavy (non-hydrogen) atoms. The summed E-state index contributed by atoms with van der Waals surface area (Å²) in [6.07, 6.45) is -2.47. The van der Waals surface area contributed by atoms with E-state index < -0.39 is 17.7 Å². The minimum atomic E-state index is -4.54. The number of rotatable bonds is 6. The maximum atomic E-state index is 13.9. The summed E-state index contributed by atoms with van der Waals surface area (Å²) in [4.78, 5) is 15.5. The molecule has 0 aliphatic rings. The second kappa shape index (κ2) is 12.2. The first-order valence-electron chi connectivity index (χ1n) is 13.2. The molecule has 0 radical (unpaired) electrons. The predicted octanol–water partition coefficient (Wildman–Crippen LogP) is 7.92. The van der Waals surface area contributed by atoms with Crippen LogP contribution in [-0.2, 0) is 28.7 Å². The zero-order chi connectivity index (χ0) is 29.7. The summed E-state index contributed by atoms with van der Waals surface area (Å²) in [5.41, 5.74) is 5.09. The van der Waals surface area contributed by atoms with Crippen LogP contribution in [0.2, 0.25) is 0 Å². The molecule has 5 aromatic rings. The maximum absolute atomic E-state index is 13.9. The van der Waals surface area contributed by atoms with Crippen molar-refractivity contribution in [1.82, 2.24) is 4.98 Å². The van der Waals surface area contributed by atoms with E-state index in [1.807, 2.05) is 67.6 Å². The molecule has 1 heterocycles. The fourth-order valence-electron chi connectivity index (χ4n) is 4.75. The molecule has 0 saturated carbocycles. The van der Waals surface area contributed by atoms with Crippen LogP contribution < -0.4 is 4.74 Å². The van der Waals surface area contributed by atoms with Gasteiger partial charge in [0, 0.05) is 23.1 Å². The van der Waals surface area contributed by atoms with E-state index in [9.17, 15) is 18.0 Å². The number of aryl methyl sites for hydroxylation is 1. The minimum absolute atomic E-state index is 0.0877. The van der Waals surface area contributed by atoms with E-state index in [0.717, 1.165) is 33.9 Å². The Hall–Kier alpha value is -5.09. The predicted molar refractivity (Wildman–Crippen MR) is 156 cm³/mol. The van der Waals surface area contributed by atoms with E-state index in [2.05, 4.69) is 21.6 Å². The largest absolute Gasteiger partial charge is 0.489 e. The number of esters is 1. The molecular weight excluding hydrogens is 539 g/mol. The van der Waals surface area contributed by atoms with Crippen molar-refractivity contribution in [1.29, 1.82) is 0 Å². The van der Waals surface area contributed by atoms with E-state index in [1.54, 1.807) is 24.4 Å². The Kier molecular flexibility index (Phi) is 8.26. The number of benzene rings is 4. The molecule has 0 amide bonds. The summed E-state index contributed by atoms with van der Waals surface area (Å²) in [6.45, 7) is 2.28. The van der Waals surface area contributed by atoms with Gasteiger partial charge in [0.15, 0.2) is 0 Å². The standard InChI is InChI=1S/C35H26F3NO3/c1-23-7-3-4-8-26(23)19-28-21-39-34-30(11-6-12-31(34)35(36,37)38)33(28)27-9-5-10-29(20-27)42-22-25-15-13-24(14-16-25)17-18-32(40)41-2/h3-16,20-21H,19,22H2,1-2H3. The lowest BCUT2D eigenvalue weighted by Crippen LogP contribution is -2.07. The van der Waals surface area contributed by atoms with Crippen LogP contribution in [0.4, 0.5) is 13.2 Å². The highest BCUT2D eigenvalue weighted by Gasteiger charge is 2.33. The van der Waals surface area contributed by atoms with Crippen molar-refractivity contribution in [2.75, 3.05) is 7.11 Å². The van der Waals surface area contributed by atoms with Gasteiger partial charge in [-0.1, -0.05) is 66.6 Å². The summed E-state index contributed by atoms with van der Waals surface area (Å²) in [5, 5.41) is 0.428. The van der Waals surface area contributed by atoms with Crippen molar-refractivity contribution in [2.24, 2.45) is 0 Å². The number of carbonyl (C=O) groups is 1. The molecule has 0 aliphatic heterocycles. The molecule has 0 spiro atoms. The monoisotopic (exact) mass is 565 g/mol. The van der Waals surface area contributed by atoms with Crippen molar-refractivity contribution >= 4 is 16.9 Å². The van der Waals surface area contributed by atoms with E-state index in [1.165, 1.54) is 13.2 Å². The quantitative estimate of drug-likeness (QED) is 0.155. The SMILES string of the molecule is COC(=O)C#Cc1ccc(COc2cccc(-c3c(Cc4ccccc4C)cnc4c(C(F)(F)F)cccc34)c2)cc1. The van der Waals surface area contributed by atoms with E-state index in [-0.39, 0.29) is 12.1 Å². The molecule has 7 heteroatoms. The summed E-state index contributed by atoms with van der Waals surface area (Å²) < 4.78 is 52.3. The zero-order valence-corrected chi connectivity index (χ0v) is 23.0. The highest BCUT2D eigenvalue weighted by atomic mass is 19.4. The van der Waals surface area contributed by atoms with E-state index in [0.29, 0.717) is 28.7 Å². The molecule has 0 aliphatic carbocycles. The Morgan fingerprint density at radius 2 is 1.67 bits per heavy atom. The smallest absolute Gasteiger partial charge is 0.418 e. The van der Waals surface area contributed by atoms with E-state index in [4.69, 9.17) is 4.74 Å². The Morgan fingerprint density at radius 3 is 2.40 bits per heavy atom. The van der Waals surface area contributed by atoms with E-state index >= 15 is 0 Å². The van der Waals surface area contributed by atoms with Gasteiger partial charge in [0.05, 0.1) is 18.2 Å². The average molecular weight is 566 g/mol. The number of nitrogens with zero attached hydrogens (tertiary/aromatic N) is 1. The Morgan fingerprint density at radius 1 is 0.905 bits per heavy atom. The third kappa shape index (κ3) is 6.45. The van der Waals surface area contributed by atoms with Crippen molar-refractivity contribution in [2.45, 2.75) is 26.1 Å². The molecule has 210 valence electrons. The molecule has 0 fully saturated rings. The number of hydrogen-bond acceptors (Lipinski definition) is 4. The van der Waals surface area contributed by atoms with Gasteiger partial charge >= 0.3 is 12.1 Å². The molecule has 0 saturated heterocycles. The van der Waals surface area contributed by atoms with Crippen molar-refractivity contribution in [3.63, 3.8) is 0 Å². The lowest BCUT2D eigenvalue weighted by molar-refractivity contribution is -0.136. The average Bonchev–Trinajstić information content (AvgIpc) is 2.99. The summed E-state index contributed by atoms with van der Waals surface area (Å²) in [7, 11) is 1.27. The van der Waals surface area contributed by atoms with Gasteiger partial charge in [-0.2, -0.15) is 13.2 Å². The number of hydrogen-bond donors (Lipinski definition) is 0. The van der Waals surface area contributed by atoms with Gasteiger partial charge in [-0.15, -0.1) is 0 Å². The number of aromatic nitrogens is 1. The van der Waals surface area contributed by atoms with Crippen LogP contribution in [0, 0.1) is 18.8 Å². The van der Waals surface area contributed by atoms with Crippen LogP contribution in [0.25, 0.3) is 22.0 Å². The number of fused-ring (bicyclic) bond motifs is 1. The molecule has 0 atom stereocenters. The summed E-state index contributed by atoms with van der Waals surface area (Å²) >= 11 is 0. The first-order valence-corrected chi connectivity index (χ1v) is 13.2. The van der Waals surface area contributed by atoms with Crippen LogP contribution >= 0.6 is 0 Å². The fourth-order valence-corrected chi connectivity index (χ4v) is 4.75. The second-order valence-electron chi connectivity index (χ2n) is 9.72. The number of ether oxygens (including phenoxy) is 2. The van der Waals surface area contributed by atoms with Gasteiger partial charge < -0.3 is 9.47 Å². The van der Waals surface area contributed by atoms with Crippen LogP contribution in [0.3, 0.4) is 0 Å². The molecule has 0 bridgehead atoms. The molecular formula is C35H26F3NO3. The highest BCUT2D eigenvalue weighted by molar-refractivity contribution is 5.98. The van der Waals surface area contributed by atoms with Gasteiger partial charge in [-0.25, -0.2) is 4.79 Å². The first kappa shape index (κ1) is 28.4. The van der Waals surface area contributed by atoms with Crippen molar-refractivity contribution in [3.05, 3.63) is 131 Å². The second-order valence-corrected chi connectivity index (χ2v) is 9.72. The van der Waals surface area contributed by atoms with Gasteiger partial charge in [-0.05, 0) is 77.1 Å². The third-order valence-electron chi connectivity index (χ3n) is 6.90. The Balaban J connectivity index is 1.50. The number of halogens is 3. The number of pyridine rings is 1. The number of methoxy groups -OCH3 is 1. The number of carbonyl (C=O) groups excluding carboxylic acids is 1. The first-order chi connectivity index (χ1) is 20.2. The Labute approximate surface area is 241 Å². The summed E-state index contributed by atoms with van der Waals surface area (Å²) in [6, 6.07) is 26.7. The highest BCUT2D eigenvalue weighted by Crippen LogP contribution is 2.39. The lowest BCUT2D eigenvalue weighted by atomic mass is 9.91. The van der Waals surface area contributed by atoms with Crippen LogP contribution in [0.5, 0.6) is 5.75 Å². The van der Waals surface area contributed by atoms with Crippen LogP contribution in [0.15, 0.2) is 97.2 Å². The normalized spacial score (nSPS) is 11.1. The summed E-state index contributed by atoms with van der Waals surface area (Å²) in [5.74, 6) is 5.08. The molecule has 0 unspecified atom stereocenters. The van der Waals surface area contributed by atoms with Gasteiger partial charge in [-0.3, -0.25) is 4.98 Å². The number of alkyl halides is 3. The molecule has 4 nitrogen and oxygen atoms in total. The number of para-hydroxylation sites is 1. The van der Waals surface area contributed by atoms with Gasteiger partial charge in [0.25, 0.3) is 0 Å². The lowest BCUT2D eigenvalue weighted by Gasteiger charge is -2.17. The van der Waals surface area contributed by atoms with Crippen LogP contribution in [-0.4, -0.2) is 18.1 Å². The molecule has 0 N–H and O–H groups in total. The molecule has 4 aromatic carbocycles. The molecule has 5 rings (SSSR count). The fraction of sp³-hybridized carbons (Fsp3) is 0.143. The topological polar surface area (TPSA) is 48.4 Å². The van der Waals surface area contributed by atoms with Crippen LogP contribution in [0.1, 0.15) is 33.4 Å². The zero-order valence-electron chi connectivity index (χ0n) is 23.0. The molecule has 1 aromatic heterocycles. The van der Waals surface area contributed by atoms with Crippen molar-refractivity contribution < 1.29 is 27.4 Å². The van der Waals surface area contributed by atoms with Gasteiger partial charge in [0.1, 0.15) is 12.4 Å². The minimum Gasteiger partial charge on any atom is -0.489 e. The Bertz CT molecular complexity index is 1820.